The number of hydrazine groups is 1. The summed E-state index contributed by atoms with van der Waals surface area (Å²) in [6.07, 6.45) is 2.89. The summed E-state index contributed by atoms with van der Waals surface area (Å²) < 4.78 is 10.4. The van der Waals surface area contributed by atoms with Gasteiger partial charge in [-0.05, 0) is 6.07 Å². The molecular formula is C12H13N5O4. The van der Waals surface area contributed by atoms with Gasteiger partial charge in [0, 0.05) is 12.1 Å². The second kappa shape index (κ2) is 6.48. The molecule has 1 aromatic heterocycles. The van der Waals surface area contributed by atoms with E-state index in [0.29, 0.717) is 17.3 Å². The summed E-state index contributed by atoms with van der Waals surface area (Å²) in [5, 5.41) is 11.0. The Hall–Kier alpha value is -2.94. The molecule has 1 aromatic carbocycles. The summed E-state index contributed by atoms with van der Waals surface area (Å²) in [7, 11) is 1.47. The Kier molecular flexibility index (Phi) is 4.46. The number of hydrogen-bond acceptors (Lipinski definition) is 8. The molecule has 0 aliphatic rings. The lowest BCUT2D eigenvalue weighted by molar-refractivity contribution is -0.386. The minimum Gasteiger partial charge on any atom is -0.497 e. The molecule has 3 N–H and O–H groups in total. The van der Waals surface area contributed by atoms with E-state index >= 15 is 0 Å². The van der Waals surface area contributed by atoms with E-state index in [1.165, 1.54) is 37.7 Å². The lowest BCUT2D eigenvalue weighted by Crippen LogP contribution is -2.09. The molecule has 9 heteroatoms. The molecule has 110 valence electrons. The molecule has 0 fully saturated rings. The molecule has 0 amide bonds. The summed E-state index contributed by atoms with van der Waals surface area (Å²) in [5.74, 6) is 6.15. The van der Waals surface area contributed by atoms with Gasteiger partial charge in [-0.2, -0.15) is 0 Å². The van der Waals surface area contributed by atoms with Gasteiger partial charge < -0.3 is 14.9 Å². The van der Waals surface area contributed by atoms with Crippen LogP contribution in [0, 0.1) is 10.1 Å². The molecule has 0 unspecified atom stereocenters. The first-order valence-corrected chi connectivity index (χ1v) is 5.87. The third-order valence-corrected chi connectivity index (χ3v) is 2.59. The van der Waals surface area contributed by atoms with E-state index in [-0.39, 0.29) is 18.0 Å². The molecule has 0 saturated heterocycles. The number of ether oxygens (including phenoxy) is 2. The van der Waals surface area contributed by atoms with Crippen molar-refractivity contribution < 1.29 is 14.4 Å². The molecule has 0 radical (unpaired) electrons. The number of methoxy groups -OCH3 is 1. The van der Waals surface area contributed by atoms with E-state index in [2.05, 4.69) is 15.4 Å². The highest BCUT2D eigenvalue weighted by Crippen LogP contribution is 2.31. The van der Waals surface area contributed by atoms with Crippen molar-refractivity contribution in [2.24, 2.45) is 5.84 Å². The third-order valence-electron chi connectivity index (χ3n) is 2.59. The number of nitrogens with two attached hydrogens (primary N) is 1. The smallest absolute Gasteiger partial charge is 0.311 e. The van der Waals surface area contributed by atoms with E-state index in [9.17, 15) is 10.1 Å². The second-order valence-corrected chi connectivity index (χ2v) is 3.92. The Balaban J connectivity index is 2.15. The molecule has 0 aliphatic heterocycles. The van der Waals surface area contributed by atoms with E-state index in [0.717, 1.165) is 0 Å². The van der Waals surface area contributed by atoms with Crippen molar-refractivity contribution in [2.45, 2.75) is 6.61 Å². The highest BCUT2D eigenvalue weighted by atomic mass is 16.6. The Morgan fingerprint density at radius 2 is 2.19 bits per heavy atom. The van der Waals surface area contributed by atoms with Crippen LogP contribution in [0.1, 0.15) is 5.69 Å². The quantitative estimate of drug-likeness (QED) is 0.463. The van der Waals surface area contributed by atoms with Crippen LogP contribution in [0.4, 0.5) is 11.5 Å². The molecule has 0 atom stereocenters. The molecule has 1 heterocycles. The van der Waals surface area contributed by atoms with Crippen LogP contribution < -0.4 is 20.7 Å². The van der Waals surface area contributed by atoms with Crippen LogP contribution in [0.15, 0.2) is 30.6 Å². The van der Waals surface area contributed by atoms with Gasteiger partial charge in [-0.1, -0.05) is 0 Å². The van der Waals surface area contributed by atoms with Gasteiger partial charge in [0.05, 0.1) is 30.1 Å². The maximum absolute atomic E-state index is 11.0. The number of nitro benzene ring substituents is 1. The van der Waals surface area contributed by atoms with E-state index in [1.807, 2.05) is 0 Å². The Morgan fingerprint density at radius 1 is 1.38 bits per heavy atom. The van der Waals surface area contributed by atoms with Crippen LogP contribution in [-0.4, -0.2) is 22.0 Å². The zero-order valence-corrected chi connectivity index (χ0v) is 11.1. The van der Waals surface area contributed by atoms with Gasteiger partial charge in [-0.3, -0.25) is 15.1 Å². The number of nitrogen functional groups attached to an aromatic ring is 1. The number of nitrogens with one attached hydrogen (secondary N) is 1. The summed E-state index contributed by atoms with van der Waals surface area (Å²) >= 11 is 0. The Morgan fingerprint density at radius 3 is 2.76 bits per heavy atom. The van der Waals surface area contributed by atoms with Gasteiger partial charge in [-0.25, -0.2) is 10.8 Å². The molecule has 0 saturated carbocycles. The maximum Gasteiger partial charge on any atom is 0.311 e. The van der Waals surface area contributed by atoms with E-state index < -0.39 is 4.92 Å². The van der Waals surface area contributed by atoms with Crippen molar-refractivity contribution in [3.05, 3.63) is 46.4 Å². The highest BCUT2D eigenvalue weighted by Gasteiger charge is 2.16. The maximum atomic E-state index is 11.0. The number of nitro groups is 1. The van der Waals surface area contributed by atoms with Crippen LogP contribution in [0.3, 0.4) is 0 Å². The Labute approximate surface area is 119 Å². The zero-order valence-electron chi connectivity index (χ0n) is 11.1. The number of anilines is 1. The fraction of sp³-hybridized carbons (Fsp3) is 0.167. The first-order chi connectivity index (χ1) is 10.1. The highest BCUT2D eigenvalue weighted by molar-refractivity contribution is 5.50. The SMILES string of the molecule is COc1ccc([N+](=O)[O-])c(OCc2cnc(NN)cn2)c1. The summed E-state index contributed by atoms with van der Waals surface area (Å²) in [4.78, 5) is 18.4. The van der Waals surface area contributed by atoms with Gasteiger partial charge in [0.1, 0.15) is 12.4 Å². The molecule has 2 rings (SSSR count). The first kappa shape index (κ1) is 14.5. The predicted octanol–water partition coefficient (Wildman–Crippen LogP) is 1.26. The normalized spacial score (nSPS) is 10.0. The zero-order chi connectivity index (χ0) is 15.2. The van der Waals surface area contributed by atoms with Crippen LogP contribution in [-0.2, 0) is 6.61 Å². The van der Waals surface area contributed by atoms with Crippen molar-refractivity contribution in [1.82, 2.24) is 9.97 Å². The average molecular weight is 291 g/mol. The summed E-state index contributed by atoms with van der Waals surface area (Å²) in [6, 6.07) is 4.26. The van der Waals surface area contributed by atoms with Crippen molar-refractivity contribution in [3.8, 4) is 11.5 Å². The van der Waals surface area contributed by atoms with E-state index in [1.54, 1.807) is 0 Å². The Bertz CT molecular complexity index is 632. The van der Waals surface area contributed by atoms with Gasteiger partial charge >= 0.3 is 5.69 Å². The average Bonchev–Trinajstić information content (AvgIpc) is 2.52. The van der Waals surface area contributed by atoms with Crippen molar-refractivity contribution >= 4 is 11.5 Å². The summed E-state index contributed by atoms with van der Waals surface area (Å²) in [5.41, 5.74) is 2.70. The van der Waals surface area contributed by atoms with Crippen molar-refractivity contribution in [1.29, 1.82) is 0 Å². The molecule has 9 nitrogen and oxygen atoms in total. The second-order valence-electron chi connectivity index (χ2n) is 3.92. The van der Waals surface area contributed by atoms with Gasteiger partial charge in [0.2, 0.25) is 5.75 Å². The minimum absolute atomic E-state index is 0.0336. The topological polar surface area (TPSA) is 125 Å². The monoisotopic (exact) mass is 291 g/mol. The third kappa shape index (κ3) is 3.54. The fourth-order valence-electron chi connectivity index (χ4n) is 1.54. The minimum atomic E-state index is -0.526. The van der Waals surface area contributed by atoms with Crippen molar-refractivity contribution in [3.63, 3.8) is 0 Å². The van der Waals surface area contributed by atoms with Gasteiger partial charge in [0.25, 0.3) is 0 Å². The number of rotatable bonds is 6. The van der Waals surface area contributed by atoms with Crippen LogP contribution in [0.5, 0.6) is 11.5 Å². The first-order valence-electron chi connectivity index (χ1n) is 5.87. The number of benzene rings is 1. The lowest BCUT2D eigenvalue weighted by Gasteiger charge is -2.08. The molecule has 21 heavy (non-hydrogen) atoms. The van der Waals surface area contributed by atoms with Crippen LogP contribution in [0.2, 0.25) is 0 Å². The molecular weight excluding hydrogens is 278 g/mol. The molecule has 0 aliphatic carbocycles. The lowest BCUT2D eigenvalue weighted by atomic mass is 10.3. The molecule has 0 bridgehead atoms. The molecule has 0 spiro atoms. The van der Waals surface area contributed by atoms with Crippen molar-refractivity contribution in [2.75, 3.05) is 12.5 Å². The van der Waals surface area contributed by atoms with Gasteiger partial charge in [-0.15, -0.1) is 0 Å². The number of nitrogens with zero attached hydrogens (tertiary/aromatic N) is 3. The van der Waals surface area contributed by atoms with Crippen LogP contribution >= 0.6 is 0 Å². The fourth-order valence-corrected chi connectivity index (χ4v) is 1.54. The summed E-state index contributed by atoms with van der Waals surface area (Å²) in [6.45, 7) is 0.0336. The largest absolute Gasteiger partial charge is 0.497 e. The number of hydrogen-bond donors (Lipinski definition) is 2. The standard InChI is InChI=1S/C12H13N5O4/c1-20-9-2-3-10(17(18)19)11(4-9)21-7-8-5-15-12(16-13)6-14-8/h2-6H,7,13H2,1H3,(H,15,16). The predicted molar refractivity (Wildman–Crippen MR) is 73.8 cm³/mol. The molecule has 2 aromatic rings. The van der Waals surface area contributed by atoms with Crippen LogP contribution in [0.25, 0.3) is 0 Å². The van der Waals surface area contributed by atoms with Gasteiger partial charge in [0.15, 0.2) is 5.82 Å². The number of aromatic nitrogens is 2. The van der Waals surface area contributed by atoms with E-state index in [4.69, 9.17) is 15.3 Å².